The van der Waals surface area contributed by atoms with Crippen molar-refractivity contribution in [2.24, 2.45) is 5.73 Å². The number of pyridine rings is 1. The third-order valence-electron chi connectivity index (χ3n) is 4.97. The van der Waals surface area contributed by atoms with Crippen molar-refractivity contribution in [3.63, 3.8) is 0 Å². The summed E-state index contributed by atoms with van der Waals surface area (Å²) in [5.74, 6) is -2.47. The van der Waals surface area contributed by atoms with Gasteiger partial charge in [-0.25, -0.2) is 8.78 Å². The molecule has 11 heteroatoms. The van der Waals surface area contributed by atoms with Crippen LogP contribution in [0.3, 0.4) is 0 Å². The van der Waals surface area contributed by atoms with Gasteiger partial charge in [0.15, 0.2) is 6.10 Å². The maximum absolute atomic E-state index is 14.5. The molecule has 0 aliphatic carbocycles. The van der Waals surface area contributed by atoms with Crippen LogP contribution in [0.5, 0.6) is 11.5 Å². The van der Waals surface area contributed by atoms with E-state index in [0.717, 1.165) is 17.7 Å². The zero-order valence-corrected chi connectivity index (χ0v) is 19.8. The molecule has 35 heavy (non-hydrogen) atoms. The number of halogens is 3. The smallest absolute Gasteiger partial charge is 0.254 e. The average Bonchev–Trinajstić information content (AvgIpc) is 2.84. The second-order valence-electron chi connectivity index (χ2n) is 7.22. The second-order valence-corrected chi connectivity index (χ2v) is 7.22. The molecule has 3 rings (SSSR count). The van der Waals surface area contributed by atoms with Gasteiger partial charge in [0, 0.05) is 54.9 Å². The molecule has 1 atom stereocenters. The molecule has 0 bridgehead atoms. The molecule has 0 saturated carbocycles. The van der Waals surface area contributed by atoms with Crippen LogP contribution in [0.15, 0.2) is 54.9 Å². The highest BCUT2D eigenvalue weighted by molar-refractivity contribution is 5.95. The summed E-state index contributed by atoms with van der Waals surface area (Å²) < 4.78 is 44.7. The molecule has 1 unspecified atom stereocenters. The van der Waals surface area contributed by atoms with Gasteiger partial charge in [0.2, 0.25) is 0 Å². The first-order chi connectivity index (χ1) is 16.3. The van der Waals surface area contributed by atoms with Crippen molar-refractivity contribution in [3.05, 3.63) is 88.7 Å². The van der Waals surface area contributed by atoms with E-state index in [1.165, 1.54) is 14.2 Å². The molecular formula is C24H25ClF2N4O4. The molecule has 8 nitrogen and oxygen atoms in total. The van der Waals surface area contributed by atoms with Gasteiger partial charge in [-0.2, -0.15) is 0 Å². The third kappa shape index (κ3) is 6.87. The van der Waals surface area contributed by atoms with E-state index in [-0.39, 0.29) is 37.1 Å². The van der Waals surface area contributed by atoms with E-state index >= 15 is 0 Å². The topological polar surface area (TPSA) is 120 Å². The SMILES string of the molecule is COc1cc(F)c(C(OC)C(=O)NCc2ccc(C(=N)N)cc2OCc2cccnc2)c(F)c1.Cl. The molecule has 1 heterocycles. The molecule has 0 saturated heterocycles. The zero-order valence-electron chi connectivity index (χ0n) is 19.0. The number of nitrogens with two attached hydrogens (primary N) is 1. The molecule has 2 aromatic carbocycles. The fourth-order valence-electron chi connectivity index (χ4n) is 3.21. The van der Waals surface area contributed by atoms with E-state index in [0.29, 0.717) is 16.9 Å². The van der Waals surface area contributed by atoms with E-state index in [1.54, 1.807) is 36.7 Å². The van der Waals surface area contributed by atoms with Crippen LogP contribution in [0.2, 0.25) is 0 Å². The Kier molecular flexibility index (Phi) is 9.92. The number of nitrogen functional groups attached to an aromatic ring is 1. The maximum Gasteiger partial charge on any atom is 0.254 e. The monoisotopic (exact) mass is 506 g/mol. The molecule has 186 valence electrons. The summed E-state index contributed by atoms with van der Waals surface area (Å²) >= 11 is 0. The van der Waals surface area contributed by atoms with E-state index in [4.69, 9.17) is 25.4 Å². The predicted molar refractivity (Wildman–Crippen MR) is 128 cm³/mol. The van der Waals surface area contributed by atoms with Gasteiger partial charge < -0.3 is 25.3 Å². The maximum atomic E-state index is 14.5. The molecule has 1 aromatic heterocycles. The van der Waals surface area contributed by atoms with Gasteiger partial charge in [-0.15, -0.1) is 12.4 Å². The fraction of sp³-hybridized carbons (Fsp3) is 0.208. The lowest BCUT2D eigenvalue weighted by molar-refractivity contribution is -0.131. The van der Waals surface area contributed by atoms with Crippen molar-refractivity contribution in [2.75, 3.05) is 14.2 Å². The molecular weight excluding hydrogens is 482 g/mol. The highest BCUT2D eigenvalue weighted by Crippen LogP contribution is 2.28. The van der Waals surface area contributed by atoms with Crippen molar-refractivity contribution in [3.8, 4) is 11.5 Å². The molecule has 0 fully saturated rings. The Labute approximate surface area is 207 Å². The van der Waals surface area contributed by atoms with Crippen LogP contribution in [0.1, 0.15) is 28.4 Å². The first-order valence-electron chi connectivity index (χ1n) is 10.2. The minimum absolute atomic E-state index is 0. The Morgan fingerprint density at radius 2 is 1.89 bits per heavy atom. The number of nitrogens with zero attached hydrogens (tertiary/aromatic N) is 1. The first-order valence-corrected chi connectivity index (χ1v) is 10.2. The van der Waals surface area contributed by atoms with Gasteiger partial charge in [-0.3, -0.25) is 15.2 Å². The van der Waals surface area contributed by atoms with E-state index in [1.807, 2.05) is 6.07 Å². The summed E-state index contributed by atoms with van der Waals surface area (Å²) in [6.45, 7) is 0.164. The summed E-state index contributed by atoms with van der Waals surface area (Å²) in [5.41, 5.74) is 6.87. The Balaban J connectivity index is 0.00000432. The molecule has 3 aromatic rings. The third-order valence-corrected chi connectivity index (χ3v) is 4.97. The number of carbonyl (C=O) groups is 1. The number of hydrogen-bond donors (Lipinski definition) is 3. The number of aromatic nitrogens is 1. The first kappa shape index (κ1) is 27.5. The summed E-state index contributed by atoms with van der Waals surface area (Å²) in [7, 11) is 2.46. The second kappa shape index (κ2) is 12.6. The lowest BCUT2D eigenvalue weighted by Gasteiger charge is -2.19. The Hall–Kier alpha value is -3.76. The lowest BCUT2D eigenvalue weighted by Crippen LogP contribution is -2.31. The molecule has 4 N–H and O–H groups in total. The summed E-state index contributed by atoms with van der Waals surface area (Å²) in [4.78, 5) is 16.8. The number of nitrogens with one attached hydrogen (secondary N) is 2. The van der Waals surface area contributed by atoms with Crippen LogP contribution in [0.25, 0.3) is 0 Å². The molecule has 0 aliphatic rings. The number of methoxy groups -OCH3 is 2. The van der Waals surface area contributed by atoms with E-state index in [9.17, 15) is 13.6 Å². The highest BCUT2D eigenvalue weighted by atomic mass is 35.5. The van der Waals surface area contributed by atoms with Crippen LogP contribution >= 0.6 is 12.4 Å². The van der Waals surface area contributed by atoms with Crippen molar-refractivity contribution in [1.29, 1.82) is 5.41 Å². The van der Waals surface area contributed by atoms with Gasteiger partial charge in [-0.05, 0) is 12.1 Å². The van der Waals surface area contributed by atoms with Crippen LogP contribution in [0.4, 0.5) is 8.78 Å². The minimum Gasteiger partial charge on any atom is -0.497 e. The Bertz CT molecular complexity index is 1160. The number of ether oxygens (including phenoxy) is 3. The molecule has 0 radical (unpaired) electrons. The highest BCUT2D eigenvalue weighted by Gasteiger charge is 2.28. The largest absolute Gasteiger partial charge is 0.497 e. The van der Waals surface area contributed by atoms with Crippen LogP contribution < -0.4 is 20.5 Å². The summed E-state index contributed by atoms with van der Waals surface area (Å²) in [5, 5.41) is 10.3. The van der Waals surface area contributed by atoms with Gasteiger partial charge in [0.05, 0.1) is 12.7 Å². The van der Waals surface area contributed by atoms with Crippen molar-refractivity contribution >= 4 is 24.1 Å². The predicted octanol–water partition coefficient (Wildman–Crippen LogP) is 3.66. The molecule has 0 aliphatic heterocycles. The Morgan fingerprint density at radius 3 is 2.46 bits per heavy atom. The van der Waals surface area contributed by atoms with Gasteiger partial charge in [0.25, 0.3) is 5.91 Å². The van der Waals surface area contributed by atoms with E-state index < -0.39 is 29.2 Å². The van der Waals surface area contributed by atoms with Crippen LogP contribution in [0, 0.1) is 17.0 Å². The summed E-state index contributed by atoms with van der Waals surface area (Å²) in [6, 6.07) is 10.4. The standard InChI is InChI=1S/C24H24F2N4O4.ClH/c1-32-17-9-18(25)21(19(26)10-17)22(33-2)24(31)30-12-16-6-5-15(23(27)28)8-20(16)34-13-14-4-3-7-29-11-14;/h3-11,22H,12-13H2,1-2H3,(H3,27,28)(H,30,31);1H. The van der Waals surface area contributed by atoms with Gasteiger partial charge in [-0.1, -0.05) is 18.2 Å². The lowest BCUT2D eigenvalue weighted by atomic mass is 10.1. The fourth-order valence-corrected chi connectivity index (χ4v) is 3.21. The Morgan fingerprint density at radius 1 is 1.17 bits per heavy atom. The zero-order chi connectivity index (χ0) is 24.7. The number of hydrogen-bond acceptors (Lipinski definition) is 6. The van der Waals surface area contributed by atoms with Crippen LogP contribution in [-0.4, -0.2) is 30.9 Å². The normalized spacial score (nSPS) is 11.2. The summed E-state index contributed by atoms with van der Waals surface area (Å²) in [6.07, 6.45) is 1.76. The van der Waals surface area contributed by atoms with Gasteiger partial charge in [0.1, 0.15) is 35.6 Å². The van der Waals surface area contributed by atoms with E-state index in [2.05, 4.69) is 10.3 Å². The number of rotatable bonds is 10. The quantitative estimate of drug-likeness (QED) is 0.285. The minimum atomic E-state index is -1.53. The number of amidine groups is 1. The van der Waals surface area contributed by atoms with Crippen molar-refractivity contribution in [2.45, 2.75) is 19.3 Å². The number of benzene rings is 2. The number of carbonyl (C=O) groups excluding carboxylic acids is 1. The van der Waals surface area contributed by atoms with Crippen molar-refractivity contribution in [1.82, 2.24) is 10.3 Å². The molecule has 0 spiro atoms. The van der Waals surface area contributed by atoms with Gasteiger partial charge >= 0.3 is 0 Å². The van der Waals surface area contributed by atoms with Crippen molar-refractivity contribution < 1.29 is 27.8 Å². The average molecular weight is 507 g/mol. The molecule has 1 amide bonds. The van der Waals surface area contributed by atoms with Crippen LogP contribution in [-0.2, 0) is 22.7 Å². The number of amides is 1.